The van der Waals surface area contributed by atoms with Gasteiger partial charge in [0.05, 0.1) is 26.3 Å². The van der Waals surface area contributed by atoms with E-state index in [9.17, 15) is 4.79 Å². The molecule has 2 N–H and O–H groups in total. The summed E-state index contributed by atoms with van der Waals surface area (Å²) in [6.07, 6.45) is 0. The molecule has 152 valence electrons. The molecule has 0 saturated carbocycles. The first kappa shape index (κ1) is 21.6. The van der Waals surface area contributed by atoms with Crippen LogP contribution in [0.1, 0.15) is 35.7 Å². The van der Waals surface area contributed by atoms with E-state index >= 15 is 0 Å². The molecular weight excluding hydrogens is 354 g/mol. The highest BCUT2D eigenvalue weighted by molar-refractivity contribution is 5.74. The molecule has 2 rings (SSSR count). The molecule has 2 aromatic carbocycles. The van der Waals surface area contributed by atoms with Crippen LogP contribution in [0.2, 0.25) is 0 Å². The fourth-order valence-electron chi connectivity index (χ4n) is 3.08. The number of urea groups is 1. The van der Waals surface area contributed by atoms with Crippen LogP contribution < -0.4 is 20.1 Å². The Labute approximate surface area is 167 Å². The molecule has 0 fully saturated rings. The van der Waals surface area contributed by atoms with E-state index in [1.54, 1.807) is 14.2 Å². The number of methoxy groups -OCH3 is 2. The number of hydrogen-bond acceptors (Lipinski definition) is 4. The van der Waals surface area contributed by atoms with E-state index in [1.165, 1.54) is 11.1 Å². The van der Waals surface area contributed by atoms with E-state index in [-0.39, 0.29) is 18.1 Å². The molecule has 0 aliphatic carbocycles. The molecule has 0 aromatic heterocycles. The summed E-state index contributed by atoms with van der Waals surface area (Å²) in [6, 6.07) is 13.5. The highest BCUT2D eigenvalue weighted by Crippen LogP contribution is 2.29. The molecule has 28 heavy (non-hydrogen) atoms. The van der Waals surface area contributed by atoms with E-state index in [0.29, 0.717) is 12.3 Å². The van der Waals surface area contributed by atoms with E-state index in [2.05, 4.69) is 46.7 Å². The molecule has 0 spiro atoms. The van der Waals surface area contributed by atoms with E-state index in [1.807, 2.05) is 39.2 Å². The molecule has 6 nitrogen and oxygen atoms in total. The second-order valence-electron chi connectivity index (χ2n) is 7.07. The number of nitrogens with zero attached hydrogens (tertiary/aromatic N) is 1. The Morgan fingerprint density at radius 1 is 1.07 bits per heavy atom. The number of aryl methyl sites for hydroxylation is 1. The van der Waals surface area contributed by atoms with E-state index in [4.69, 9.17) is 9.47 Å². The summed E-state index contributed by atoms with van der Waals surface area (Å²) in [5.74, 6) is 1.43. The number of ether oxygens (including phenoxy) is 2. The topological polar surface area (TPSA) is 62.8 Å². The van der Waals surface area contributed by atoms with Crippen LogP contribution in [0.25, 0.3) is 0 Å². The second kappa shape index (κ2) is 9.99. The summed E-state index contributed by atoms with van der Waals surface area (Å²) in [4.78, 5) is 14.6. The lowest BCUT2D eigenvalue weighted by atomic mass is 10.0. The molecule has 0 radical (unpaired) electrons. The summed E-state index contributed by atoms with van der Waals surface area (Å²) in [5, 5.41) is 5.95. The van der Waals surface area contributed by atoms with Crippen molar-refractivity contribution in [2.24, 2.45) is 0 Å². The molecule has 0 aliphatic rings. The van der Waals surface area contributed by atoms with Crippen molar-refractivity contribution >= 4 is 6.03 Å². The number of likely N-dealkylation sites (N-methyl/N-ethyl adjacent to an activating group) is 1. The molecule has 2 amide bonds. The summed E-state index contributed by atoms with van der Waals surface area (Å²) in [5.41, 5.74) is 3.24. The first-order chi connectivity index (χ1) is 13.3. The third-order valence-electron chi connectivity index (χ3n) is 4.79. The fourth-order valence-corrected chi connectivity index (χ4v) is 3.08. The number of benzene rings is 2. The second-order valence-corrected chi connectivity index (χ2v) is 7.07. The standard InChI is InChI=1S/C22H31N3O3/c1-15-7-9-17(10-8-15)20(25(3)4)14-23-22(26)24-16(2)19-13-18(27-5)11-12-21(19)28-6/h7-13,16,20H,14H2,1-6H3,(H2,23,24,26). The highest BCUT2D eigenvalue weighted by Gasteiger charge is 2.18. The molecule has 0 aliphatic heterocycles. The van der Waals surface area contributed by atoms with Crippen molar-refractivity contribution in [2.75, 3.05) is 34.9 Å². The van der Waals surface area contributed by atoms with Gasteiger partial charge in [0.1, 0.15) is 11.5 Å². The lowest BCUT2D eigenvalue weighted by Gasteiger charge is -2.26. The van der Waals surface area contributed by atoms with Crippen LogP contribution in [0.5, 0.6) is 11.5 Å². The number of rotatable bonds is 8. The van der Waals surface area contributed by atoms with Gasteiger partial charge in [0.2, 0.25) is 0 Å². The van der Waals surface area contributed by atoms with Crippen LogP contribution >= 0.6 is 0 Å². The van der Waals surface area contributed by atoms with Gasteiger partial charge in [0.15, 0.2) is 0 Å². The Hall–Kier alpha value is -2.73. The van der Waals surface area contributed by atoms with Crippen LogP contribution in [0, 0.1) is 6.92 Å². The summed E-state index contributed by atoms with van der Waals surface area (Å²) in [7, 11) is 7.24. The number of nitrogens with one attached hydrogen (secondary N) is 2. The zero-order valence-corrected chi connectivity index (χ0v) is 17.6. The van der Waals surface area contributed by atoms with Crippen molar-refractivity contribution in [2.45, 2.75) is 25.9 Å². The maximum Gasteiger partial charge on any atom is 0.315 e. The number of hydrogen-bond donors (Lipinski definition) is 2. The highest BCUT2D eigenvalue weighted by atomic mass is 16.5. The zero-order chi connectivity index (χ0) is 20.7. The molecular formula is C22H31N3O3. The summed E-state index contributed by atoms with van der Waals surface area (Å²) < 4.78 is 10.7. The SMILES string of the molecule is COc1ccc(OC)c(C(C)NC(=O)NCC(c2ccc(C)cc2)N(C)C)c1. The van der Waals surface area contributed by atoms with Gasteiger partial charge in [-0.25, -0.2) is 4.79 Å². The third-order valence-corrected chi connectivity index (χ3v) is 4.79. The number of amides is 2. The van der Waals surface area contributed by atoms with Gasteiger partial charge < -0.3 is 25.0 Å². The third kappa shape index (κ3) is 5.63. The Bertz CT molecular complexity index is 775. The van der Waals surface area contributed by atoms with Crippen molar-refractivity contribution in [1.82, 2.24) is 15.5 Å². The molecule has 2 unspecified atom stereocenters. The quantitative estimate of drug-likeness (QED) is 0.728. The first-order valence-electron chi connectivity index (χ1n) is 9.35. The zero-order valence-electron chi connectivity index (χ0n) is 17.6. The van der Waals surface area contributed by atoms with Crippen LogP contribution in [0.15, 0.2) is 42.5 Å². The first-order valence-corrected chi connectivity index (χ1v) is 9.35. The van der Waals surface area contributed by atoms with Crippen molar-refractivity contribution in [3.05, 3.63) is 59.2 Å². The van der Waals surface area contributed by atoms with Crippen LogP contribution in [-0.2, 0) is 0 Å². The van der Waals surface area contributed by atoms with Crippen molar-refractivity contribution in [1.29, 1.82) is 0 Å². The lowest BCUT2D eigenvalue weighted by molar-refractivity contribution is 0.230. The summed E-state index contributed by atoms with van der Waals surface area (Å²) >= 11 is 0. The molecule has 0 saturated heterocycles. The minimum Gasteiger partial charge on any atom is -0.497 e. The predicted octanol–water partition coefficient (Wildman–Crippen LogP) is 3.68. The fraction of sp³-hybridized carbons (Fsp3) is 0.409. The Morgan fingerprint density at radius 2 is 1.75 bits per heavy atom. The minimum atomic E-state index is -0.234. The Kier molecular flexibility index (Phi) is 7.70. The molecule has 0 heterocycles. The van der Waals surface area contributed by atoms with Crippen molar-refractivity contribution in [3.63, 3.8) is 0 Å². The summed E-state index contributed by atoms with van der Waals surface area (Å²) in [6.45, 7) is 4.48. The monoisotopic (exact) mass is 385 g/mol. The average Bonchev–Trinajstić information content (AvgIpc) is 2.68. The van der Waals surface area contributed by atoms with E-state index in [0.717, 1.165) is 11.3 Å². The smallest absolute Gasteiger partial charge is 0.315 e. The maximum absolute atomic E-state index is 12.5. The molecule has 0 bridgehead atoms. The van der Waals surface area contributed by atoms with Gasteiger partial charge in [0, 0.05) is 12.1 Å². The van der Waals surface area contributed by atoms with Crippen LogP contribution in [-0.4, -0.2) is 45.8 Å². The molecule has 2 atom stereocenters. The minimum absolute atomic E-state index is 0.0908. The largest absolute Gasteiger partial charge is 0.497 e. The van der Waals surface area contributed by atoms with Gasteiger partial charge in [0.25, 0.3) is 0 Å². The van der Waals surface area contributed by atoms with Gasteiger partial charge in [-0.3, -0.25) is 0 Å². The van der Waals surface area contributed by atoms with Gasteiger partial charge in [-0.05, 0) is 51.7 Å². The Morgan fingerprint density at radius 3 is 2.32 bits per heavy atom. The van der Waals surface area contributed by atoms with Crippen molar-refractivity contribution < 1.29 is 14.3 Å². The van der Waals surface area contributed by atoms with Gasteiger partial charge in [-0.15, -0.1) is 0 Å². The lowest BCUT2D eigenvalue weighted by Crippen LogP contribution is -2.41. The average molecular weight is 386 g/mol. The van der Waals surface area contributed by atoms with Crippen LogP contribution in [0.3, 0.4) is 0 Å². The predicted molar refractivity (Wildman–Crippen MR) is 112 cm³/mol. The molecule has 2 aromatic rings. The van der Waals surface area contributed by atoms with E-state index < -0.39 is 0 Å². The Balaban J connectivity index is 2.01. The van der Waals surface area contributed by atoms with Gasteiger partial charge >= 0.3 is 6.03 Å². The van der Waals surface area contributed by atoms with Crippen molar-refractivity contribution in [3.8, 4) is 11.5 Å². The van der Waals surface area contributed by atoms with Crippen LogP contribution in [0.4, 0.5) is 4.79 Å². The van der Waals surface area contributed by atoms with Gasteiger partial charge in [-0.1, -0.05) is 29.8 Å². The normalized spacial score (nSPS) is 13.0. The number of carbonyl (C=O) groups excluding carboxylic acids is 1. The maximum atomic E-state index is 12.5. The number of carbonyl (C=O) groups is 1. The van der Waals surface area contributed by atoms with Gasteiger partial charge in [-0.2, -0.15) is 0 Å². The molecule has 6 heteroatoms.